The van der Waals surface area contributed by atoms with Crippen LogP contribution in [0, 0.1) is 0 Å². The molecule has 3 nitrogen and oxygen atoms in total. The summed E-state index contributed by atoms with van der Waals surface area (Å²) in [5.41, 5.74) is 2.36. The topological polar surface area (TPSA) is 41.5 Å². The molecule has 3 rings (SSSR count). The van der Waals surface area contributed by atoms with Gasteiger partial charge in [-0.3, -0.25) is 0 Å². The second kappa shape index (κ2) is 9.41. The lowest BCUT2D eigenvalue weighted by Gasteiger charge is -2.29. The van der Waals surface area contributed by atoms with Gasteiger partial charge in [0.1, 0.15) is 5.75 Å². The van der Waals surface area contributed by atoms with Crippen LogP contribution in [0.4, 0.5) is 5.69 Å². The van der Waals surface area contributed by atoms with Crippen LogP contribution >= 0.6 is 11.3 Å². The molecule has 0 saturated carbocycles. The number of benzene rings is 2. The summed E-state index contributed by atoms with van der Waals surface area (Å²) in [4.78, 5) is 1.30. The van der Waals surface area contributed by atoms with Gasteiger partial charge < -0.3 is 15.2 Å². The van der Waals surface area contributed by atoms with Gasteiger partial charge in [-0.15, -0.1) is 11.3 Å². The van der Waals surface area contributed by atoms with Gasteiger partial charge in [-0.25, -0.2) is 0 Å². The minimum absolute atomic E-state index is 0.150. The normalized spacial score (nSPS) is 13.2. The van der Waals surface area contributed by atoms with Gasteiger partial charge in [0.15, 0.2) is 0 Å². The van der Waals surface area contributed by atoms with E-state index in [2.05, 4.69) is 47.1 Å². The van der Waals surface area contributed by atoms with Gasteiger partial charge in [-0.2, -0.15) is 0 Å². The minimum atomic E-state index is 0.150. The van der Waals surface area contributed by atoms with Crippen molar-refractivity contribution in [3.63, 3.8) is 0 Å². The molecule has 0 saturated heterocycles. The molecule has 2 N–H and O–H groups in total. The van der Waals surface area contributed by atoms with E-state index in [9.17, 15) is 5.11 Å². The summed E-state index contributed by atoms with van der Waals surface area (Å²) < 4.78 is 5.26. The average molecular weight is 368 g/mol. The second-order valence-corrected chi connectivity index (χ2v) is 7.23. The third-order valence-electron chi connectivity index (χ3n) is 4.57. The first-order chi connectivity index (χ1) is 12.8. The number of aliphatic hydroxyl groups is 1. The Morgan fingerprint density at radius 1 is 1.00 bits per heavy atom. The van der Waals surface area contributed by atoms with E-state index < -0.39 is 0 Å². The van der Waals surface area contributed by atoms with E-state index in [0.717, 1.165) is 24.3 Å². The monoisotopic (exact) mass is 367 g/mol. The Kier molecular flexibility index (Phi) is 6.69. The minimum Gasteiger partial charge on any atom is -0.497 e. The van der Waals surface area contributed by atoms with Crippen molar-refractivity contribution in [3.05, 3.63) is 82.6 Å². The zero-order chi connectivity index (χ0) is 18.2. The Morgan fingerprint density at radius 3 is 2.38 bits per heavy atom. The number of aliphatic hydroxyl groups excluding tert-OH is 1. The number of nitrogens with one attached hydrogen (secondary N) is 1. The predicted molar refractivity (Wildman–Crippen MR) is 109 cm³/mol. The molecule has 136 valence electrons. The van der Waals surface area contributed by atoms with Crippen molar-refractivity contribution in [1.82, 2.24) is 0 Å². The molecule has 26 heavy (non-hydrogen) atoms. The Balaban J connectivity index is 1.92. The Labute approximate surface area is 159 Å². The summed E-state index contributed by atoms with van der Waals surface area (Å²) >= 11 is 1.76. The van der Waals surface area contributed by atoms with E-state index in [1.54, 1.807) is 18.4 Å². The molecule has 0 aliphatic rings. The maximum absolute atomic E-state index is 9.39. The molecule has 1 heterocycles. The zero-order valence-electron chi connectivity index (χ0n) is 15.0. The maximum atomic E-state index is 9.39. The van der Waals surface area contributed by atoms with E-state index in [0.29, 0.717) is 0 Å². The molecule has 3 aromatic rings. The first-order valence-corrected chi connectivity index (χ1v) is 9.79. The van der Waals surface area contributed by atoms with Gasteiger partial charge >= 0.3 is 0 Å². The SMILES string of the molecule is COc1ccc(NC(c2cccs2)C(CCCO)c2ccccc2)cc1. The lowest BCUT2D eigenvalue weighted by Crippen LogP contribution is -2.19. The standard InChI is InChI=1S/C22H25NO2S/c1-25-19-13-11-18(12-14-19)23-22(21-10-6-16-26-21)20(9-5-15-24)17-7-3-2-4-8-17/h2-4,6-8,10-14,16,20,22-24H,5,9,15H2,1H3. The van der Waals surface area contributed by atoms with Crippen molar-refractivity contribution in [2.75, 3.05) is 19.0 Å². The fourth-order valence-electron chi connectivity index (χ4n) is 3.24. The van der Waals surface area contributed by atoms with Crippen LogP contribution in [-0.4, -0.2) is 18.8 Å². The third-order valence-corrected chi connectivity index (χ3v) is 5.52. The molecule has 0 spiro atoms. The van der Waals surface area contributed by atoms with Crippen LogP contribution in [0.2, 0.25) is 0 Å². The number of thiophene rings is 1. The van der Waals surface area contributed by atoms with Gasteiger partial charge in [-0.1, -0.05) is 36.4 Å². The number of hydrogen-bond acceptors (Lipinski definition) is 4. The molecule has 2 atom stereocenters. The molecule has 2 unspecified atom stereocenters. The van der Waals surface area contributed by atoms with E-state index in [1.165, 1.54) is 10.4 Å². The molecular weight excluding hydrogens is 342 g/mol. The quantitative estimate of drug-likeness (QED) is 0.527. The highest BCUT2D eigenvalue weighted by Crippen LogP contribution is 2.39. The highest BCUT2D eigenvalue weighted by atomic mass is 32.1. The number of methoxy groups -OCH3 is 1. The van der Waals surface area contributed by atoms with E-state index in [-0.39, 0.29) is 18.6 Å². The fourth-order valence-corrected chi connectivity index (χ4v) is 4.08. The smallest absolute Gasteiger partial charge is 0.119 e. The van der Waals surface area contributed by atoms with Crippen LogP contribution in [0.1, 0.15) is 35.2 Å². The highest BCUT2D eigenvalue weighted by molar-refractivity contribution is 7.10. The van der Waals surface area contributed by atoms with Crippen LogP contribution in [0.25, 0.3) is 0 Å². The average Bonchev–Trinajstić information content (AvgIpc) is 3.23. The molecule has 0 amide bonds. The Morgan fingerprint density at radius 2 is 1.77 bits per heavy atom. The van der Waals surface area contributed by atoms with Crippen molar-refractivity contribution < 1.29 is 9.84 Å². The van der Waals surface area contributed by atoms with Crippen LogP contribution in [0.5, 0.6) is 5.75 Å². The van der Waals surface area contributed by atoms with E-state index in [1.807, 2.05) is 30.3 Å². The molecule has 0 radical (unpaired) electrons. The van der Waals surface area contributed by atoms with Gasteiger partial charge in [0.25, 0.3) is 0 Å². The molecule has 4 heteroatoms. The summed E-state index contributed by atoms with van der Waals surface area (Å²) in [5.74, 6) is 1.13. The van der Waals surface area contributed by atoms with Crippen molar-refractivity contribution in [2.24, 2.45) is 0 Å². The number of hydrogen-bond donors (Lipinski definition) is 2. The van der Waals surface area contributed by atoms with Crippen molar-refractivity contribution in [1.29, 1.82) is 0 Å². The van der Waals surface area contributed by atoms with Crippen LogP contribution in [0.3, 0.4) is 0 Å². The van der Waals surface area contributed by atoms with Crippen LogP contribution in [-0.2, 0) is 0 Å². The Hall–Kier alpha value is -2.30. The highest BCUT2D eigenvalue weighted by Gasteiger charge is 2.25. The molecule has 0 fully saturated rings. The first kappa shape index (κ1) is 18.5. The lowest BCUT2D eigenvalue weighted by atomic mass is 9.86. The summed E-state index contributed by atoms with van der Waals surface area (Å²) in [5, 5.41) is 15.2. The zero-order valence-corrected chi connectivity index (χ0v) is 15.8. The first-order valence-electron chi connectivity index (χ1n) is 8.91. The van der Waals surface area contributed by atoms with Crippen LogP contribution in [0.15, 0.2) is 72.1 Å². The predicted octanol–water partition coefficient (Wildman–Crippen LogP) is 5.47. The van der Waals surface area contributed by atoms with Gasteiger partial charge in [0.2, 0.25) is 0 Å². The molecule has 0 bridgehead atoms. The van der Waals surface area contributed by atoms with Crippen LogP contribution < -0.4 is 10.1 Å². The molecule has 1 aromatic heterocycles. The number of ether oxygens (including phenoxy) is 1. The molecule has 0 aliphatic heterocycles. The lowest BCUT2D eigenvalue weighted by molar-refractivity contribution is 0.277. The summed E-state index contributed by atoms with van der Waals surface area (Å²) in [6, 6.07) is 23.0. The largest absolute Gasteiger partial charge is 0.497 e. The number of anilines is 1. The fraction of sp³-hybridized carbons (Fsp3) is 0.273. The summed E-state index contributed by atoms with van der Waals surface area (Å²) in [6.45, 7) is 0.211. The molecular formula is C22H25NO2S. The molecule has 0 aliphatic carbocycles. The van der Waals surface area contributed by atoms with Crippen molar-refractivity contribution in [3.8, 4) is 5.75 Å². The van der Waals surface area contributed by atoms with Gasteiger partial charge in [0, 0.05) is 23.1 Å². The van der Waals surface area contributed by atoms with Crippen molar-refractivity contribution in [2.45, 2.75) is 24.8 Å². The molecule has 2 aromatic carbocycles. The number of rotatable bonds is 9. The van der Waals surface area contributed by atoms with Gasteiger partial charge in [0.05, 0.1) is 13.2 Å². The van der Waals surface area contributed by atoms with E-state index >= 15 is 0 Å². The second-order valence-electron chi connectivity index (χ2n) is 6.25. The van der Waals surface area contributed by atoms with Crippen molar-refractivity contribution >= 4 is 17.0 Å². The van der Waals surface area contributed by atoms with E-state index in [4.69, 9.17) is 4.74 Å². The maximum Gasteiger partial charge on any atom is 0.119 e. The van der Waals surface area contributed by atoms with Gasteiger partial charge in [-0.05, 0) is 54.1 Å². The summed E-state index contributed by atoms with van der Waals surface area (Å²) in [7, 11) is 1.68. The third kappa shape index (κ3) is 4.65. The summed E-state index contributed by atoms with van der Waals surface area (Å²) in [6.07, 6.45) is 1.71. The Bertz CT molecular complexity index is 757.